The number of halogens is 2. The van der Waals surface area contributed by atoms with Crippen LogP contribution < -0.4 is 9.44 Å². The number of H-pyrrole nitrogens is 1. The lowest BCUT2D eigenvalue weighted by Crippen LogP contribution is -2.17. The Balaban J connectivity index is 1.31. The van der Waals surface area contributed by atoms with Crippen LogP contribution in [0.25, 0.3) is 33.5 Å². The van der Waals surface area contributed by atoms with Crippen LogP contribution in [-0.4, -0.2) is 33.9 Å². The fraction of sp³-hybridized carbons (Fsp3) is 0.250. The molecule has 0 amide bonds. The molecule has 3 N–H and O–H groups in total. The van der Waals surface area contributed by atoms with Gasteiger partial charge in [0.1, 0.15) is 23.6 Å². The molecule has 2 aliphatic carbocycles. The number of anilines is 2. The minimum Gasteiger partial charge on any atom is -0.339 e. The SMILES string of the molecule is O=S(=O)(Nc1ccc(-c2ncnc3[nH]c(-c4ccc(NSC5CC5)cc4F)cc23)c(F)c1)C1CC1. The quantitative estimate of drug-likeness (QED) is 0.262. The molecule has 0 spiro atoms. The molecule has 2 aromatic carbocycles. The van der Waals surface area contributed by atoms with E-state index >= 15 is 4.39 Å². The summed E-state index contributed by atoms with van der Waals surface area (Å²) in [6, 6.07) is 10.8. The molecule has 7 nitrogen and oxygen atoms in total. The van der Waals surface area contributed by atoms with Crippen molar-refractivity contribution in [2.75, 3.05) is 9.44 Å². The third kappa shape index (κ3) is 4.57. The van der Waals surface area contributed by atoms with Crippen molar-refractivity contribution < 1.29 is 17.2 Å². The summed E-state index contributed by atoms with van der Waals surface area (Å²) in [7, 11) is -3.50. The first-order valence-corrected chi connectivity index (χ1v) is 13.7. The predicted molar refractivity (Wildman–Crippen MR) is 134 cm³/mol. The van der Waals surface area contributed by atoms with E-state index in [1.807, 2.05) is 6.07 Å². The zero-order valence-corrected chi connectivity index (χ0v) is 20.0. The van der Waals surface area contributed by atoms with Crippen LogP contribution in [0.4, 0.5) is 20.2 Å². The van der Waals surface area contributed by atoms with Crippen LogP contribution >= 0.6 is 11.9 Å². The second-order valence-corrected chi connectivity index (χ2v) is 11.9. The first kappa shape index (κ1) is 22.3. The number of sulfonamides is 1. The van der Waals surface area contributed by atoms with Crippen LogP contribution in [0.15, 0.2) is 48.8 Å². The first-order valence-electron chi connectivity index (χ1n) is 11.2. The maximum Gasteiger partial charge on any atom is 0.235 e. The Hall–Kier alpha value is -3.18. The third-order valence-electron chi connectivity index (χ3n) is 6.00. The van der Waals surface area contributed by atoms with E-state index in [0.29, 0.717) is 51.8 Å². The van der Waals surface area contributed by atoms with Gasteiger partial charge in [0.15, 0.2) is 0 Å². The van der Waals surface area contributed by atoms with E-state index in [1.54, 1.807) is 24.1 Å². The van der Waals surface area contributed by atoms with Gasteiger partial charge >= 0.3 is 0 Å². The van der Waals surface area contributed by atoms with Crippen LogP contribution in [0.2, 0.25) is 0 Å². The average molecular weight is 514 g/mol. The van der Waals surface area contributed by atoms with Crippen molar-refractivity contribution in [3.05, 3.63) is 60.4 Å². The number of benzene rings is 2. The number of fused-ring (bicyclic) bond motifs is 1. The minimum atomic E-state index is -3.50. The standard InChI is InChI=1S/C24H21F2N5O2S2/c25-20-9-13(30-34-15-3-4-15)1-7-17(20)22-11-19-23(27-12-28-24(19)29-22)18-8-2-14(10-21(18)26)31-35(32,33)16-5-6-16/h1-2,7-12,15-16,30-31H,3-6H2,(H,27,28,29). The Bertz CT molecular complexity index is 1550. The highest BCUT2D eigenvalue weighted by Gasteiger charge is 2.35. The molecule has 11 heteroatoms. The van der Waals surface area contributed by atoms with Crippen molar-refractivity contribution >= 4 is 44.4 Å². The second-order valence-electron chi connectivity index (χ2n) is 8.82. The van der Waals surface area contributed by atoms with Crippen LogP contribution in [0, 0.1) is 11.6 Å². The van der Waals surface area contributed by atoms with E-state index in [9.17, 15) is 12.8 Å². The highest BCUT2D eigenvalue weighted by Crippen LogP contribution is 2.37. The van der Waals surface area contributed by atoms with Gasteiger partial charge in [0, 0.05) is 27.5 Å². The zero-order chi connectivity index (χ0) is 24.2. The molecule has 2 saturated carbocycles. The van der Waals surface area contributed by atoms with E-state index in [-0.39, 0.29) is 11.3 Å². The Morgan fingerprint density at radius 1 is 0.914 bits per heavy atom. The third-order valence-corrected chi connectivity index (χ3v) is 9.03. The summed E-state index contributed by atoms with van der Waals surface area (Å²) in [6.45, 7) is 0. The Kier molecular flexibility index (Phi) is 5.41. The maximum absolute atomic E-state index is 15.1. The van der Waals surface area contributed by atoms with Crippen molar-refractivity contribution in [3.8, 4) is 22.5 Å². The topological polar surface area (TPSA) is 99.8 Å². The molecule has 0 atom stereocenters. The molecule has 2 heterocycles. The molecule has 6 rings (SSSR count). The van der Waals surface area contributed by atoms with Crippen molar-refractivity contribution in [3.63, 3.8) is 0 Å². The van der Waals surface area contributed by atoms with Crippen LogP contribution in [0.3, 0.4) is 0 Å². The summed E-state index contributed by atoms with van der Waals surface area (Å²) in [4.78, 5) is 11.6. The van der Waals surface area contributed by atoms with Crippen molar-refractivity contribution in [2.24, 2.45) is 0 Å². The smallest absolute Gasteiger partial charge is 0.235 e. The van der Waals surface area contributed by atoms with Crippen molar-refractivity contribution in [2.45, 2.75) is 36.2 Å². The molecule has 2 aromatic heterocycles. The lowest BCUT2D eigenvalue weighted by molar-refractivity contribution is 0.600. The number of aromatic nitrogens is 3. The first-order chi connectivity index (χ1) is 16.9. The van der Waals surface area contributed by atoms with E-state index in [4.69, 9.17) is 0 Å². The number of hydrogen-bond donors (Lipinski definition) is 3. The number of nitrogens with zero attached hydrogens (tertiary/aromatic N) is 2. The minimum absolute atomic E-state index is 0.161. The van der Waals surface area contributed by atoms with Crippen LogP contribution in [-0.2, 0) is 10.0 Å². The van der Waals surface area contributed by atoms with E-state index in [1.165, 1.54) is 37.4 Å². The summed E-state index contributed by atoms with van der Waals surface area (Å²) >= 11 is 1.60. The fourth-order valence-electron chi connectivity index (χ4n) is 3.83. The lowest BCUT2D eigenvalue weighted by atomic mass is 10.1. The average Bonchev–Trinajstić information content (AvgIpc) is 3.74. The number of rotatable bonds is 8. The molecule has 0 bridgehead atoms. The van der Waals surface area contributed by atoms with Gasteiger partial charge < -0.3 is 9.71 Å². The van der Waals surface area contributed by atoms with Gasteiger partial charge in [-0.3, -0.25) is 4.72 Å². The number of hydrogen-bond acceptors (Lipinski definition) is 6. The fourth-order valence-corrected chi connectivity index (χ4v) is 6.01. The number of aromatic amines is 1. The highest BCUT2D eigenvalue weighted by molar-refractivity contribution is 8.01. The monoisotopic (exact) mass is 513 g/mol. The molecule has 0 saturated heterocycles. The van der Waals surface area contributed by atoms with Gasteiger partial charge in [-0.2, -0.15) is 0 Å². The van der Waals surface area contributed by atoms with Gasteiger partial charge in [-0.15, -0.1) is 0 Å². The summed E-state index contributed by atoms with van der Waals surface area (Å²) in [6.07, 6.45) is 4.89. The molecule has 0 unspecified atom stereocenters. The van der Waals surface area contributed by atoms with Gasteiger partial charge in [-0.05, 0) is 80.1 Å². The molecule has 35 heavy (non-hydrogen) atoms. The lowest BCUT2D eigenvalue weighted by Gasteiger charge is -2.09. The largest absolute Gasteiger partial charge is 0.339 e. The van der Waals surface area contributed by atoms with Gasteiger partial charge in [0.2, 0.25) is 10.0 Å². The highest BCUT2D eigenvalue weighted by atomic mass is 32.2. The predicted octanol–water partition coefficient (Wildman–Crippen LogP) is 5.70. The Morgan fingerprint density at radius 2 is 1.63 bits per heavy atom. The normalized spacial score (nSPS) is 15.9. The molecule has 0 radical (unpaired) electrons. The molecule has 4 aromatic rings. The Morgan fingerprint density at radius 3 is 2.34 bits per heavy atom. The van der Waals surface area contributed by atoms with Gasteiger partial charge in [-0.1, -0.05) is 0 Å². The molecule has 2 fully saturated rings. The summed E-state index contributed by atoms with van der Waals surface area (Å²) in [5, 5.41) is 0.710. The molecule has 2 aliphatic rings. The van der Waals surface area contributed by atoms with Gasteiger partial charge in [0.25, 0.3) is 0 Å². The molecular formula is C24H21F2N5O2S2. The van der Waals surface area contributed by atoms with Gasteiger partial charge in [-0.25, -0.2) is 27.2 Å². The summed E-state index contributed by atoms with van der Waals surface area (Å²) in [5.41, 5.74) is 2.67. The van der Waals surface area contributed by atoms with Crippen molar-refractivity contribution in [1.29, 1.82) is 0 Å². The van der Waals surface area contributed by atoms with E-state index in [2.05, 4.69) is 24.4 Å². The Labute approximate surface area is 205 Å². The molecule has 180 valence electrons. The van der Waals surface area contributed by atoms with Crippen molar-refractivity contribution in [1.82, 2.24) is 15.0 Å². The van der Waals surface area contributed by atoms with E-state index < -0.39 is 26.9 Å². The van der Waals surface area contributed by atoms with Gasteiger partial charge in [0.05, 0.1) is 22.3 Å². The van der Waals surface area contributed by atoms with E-state index in [0.717, 1.165) is 6.07 Å². The second kappa shape index (κ2) is 8.49. The summed E-state index contributed by atoms with van der Waals surface area (Å²) < 4.78 is 59.9. The maximum atomic E-state index is 15.1. The molecular weight excluding hydrogens is 492 g/mol. The zero-order valence-electron chi connectivity index (χ0n) is 18.4. The van der Waals surface area contributed by atoms with Crippen LogP contribution in [0.5, 0.6) is 0 Å². The van der Waals surface area contributed by atoms with Crippen LogP contribution in [0.1, 0.15) is 25.7 Å². The summed E-state index contributed by atoms with van der Waals surface area (Å²) in [5.74, 6) is -1.02. The molecule has 0 aliphatic heterocycles. The number of nitrogens with one attached hydrogen (secondary N) is 3.